The number of anilines is 1. The van der Waals surface area contributed by atoms with Gasteiger partial charge in [0.25, 0.3) is 10.0 Å². The van der Waals surface area contributed by atoms with Gasteiger partial charge in [0.2, 0.25) is 11.8 Å². The van der Waals surface area contributed by atoms with E-state index in [-0.39, 0.29) is 23.0 Å². The molecule has 1 atom stereocenters. The fourth-order valence-corrected chi connectivity index (χ4v) is 5.60. The van der Waals surface area contributed by atoms with E-state index >= 15 is 0 Å². The van der Waals surface area contributed by atoms with Gasteiger partial charge in [-0.05, 0) is 56.5 Å². The van der Waals surface area contributed by atoms with Crippen molar-refractivity contribution < 1.29 is 22.4 Å². The highest BCUT2D eigenvalue weighted by atomic mass is 32.2. The van der Waals surface area contributed by atoms with Crippen LogP contribution < -0.4 is 9.62 Å². The summed E-state index contributed by atoms with van der Waals surface area (Å²) in [5, 5.41) is 2.84. The normalized spacial score (nSPS) is 12.0. The number of aryl methyl sites for hydroxylation is 2. The third-order valence-corrected chi connectivity index (χ3v) is 8.19. The number of nitrogens with zero attached hydrogens (tertiary/aromatic N) is 2. The highest BCUT2D eigenvalue weighted by Gasteiger charge is 2.34. The van der Waals surface area contributed by atoms with E-state index in [2.05, 4.69) is 5.32 Å². The minimum Gasteiger partial charge on any atom is -0.354 e. The molecule has 7 nitrogen and oxygen atoms in total. The van der Waals surface area contributed by atoms with Crippen molar-refractivity contribution >= 4 is 27.5 Å². The first-order valence-corrected chi connectivity index (χ1v) is 14.5. The molecule has 1 N–H and O–H groups in total. The summed E-state index contributed by atoms with van der Waals surface area (Å²) < 4.78 is 43.3. The van der Waals surface area contributed by atoms with Gasteiger partial charge in [0.05, 0.1) is 10.6 Å². The largest absolute Gasteiger partial charge is 0.354 e. The highest BCUT2D eigenvalue weighted by Crippen LogP contribution is 2.27. The molecule has 3 aromatic carbocycles. The molecule has 39 heavy (non-hydrogen) atoms. The predicted octanol–water partition coefficient (Wildman–Crippen LogP) is 4.97. The molecule has 0 aliphatic rings. The molecule has 0 radical (unpaired) electrons. The van der Waals surface area contributed by atoms with Crippen LogP contribution in [0.15, 0.2) is 77.7 Å². The van der Waals surface area contributed by atoms with Gasteiger partial charge in [0.15, 0.2) is 0 Å². The molecule has 0 aromatic heterocycles. The van der Waals surface area contributed by atoms with E-state index in [0.717, 1.165) is 33.5 Å². The summed E-state index contributed by atoms with van der Waals surface area (Å²) in [6.45, 7) is 7.36. The minimum atomic E-state index is -4.32. The van der Waals surface area contributed by atoms with Crippen molar-refractivity contribution in [2.24, 2.45) is 0 Å². The van der Waals surface area contributed by atoms with E-state index in [9.17, 15) is 22.4 Å². The van der Waals surface area contributed by atoms with E-state index < -0.39 is 34.3 Å². The van der Waals surface area contributed by atoms with Crippen LogP contribution in [0, 0.1) is 19.7 Å². The van der Waals surface area contributed by atoms with E-state index in [1.165, 1.54) is 35.2 Å². The first-order valence-electron chi connectivity index (χ1n) is 13.0. The predicted molar refractivity (Wildman–Crippen MR) is 151 cm³/mol. The van der Waals surface area contributed by atoms with Crippen molar-refractivity contribution in [2.75, 3.05) is 17.4 Å². The first kappa shape index (κ1) is 29.8. The van der Waals surface area contributed by atoms with Gasteiger partial charge in [0.1, 0.15) is 18.4 Å². The van der Waals surface area contributed by atoms with Crippen molar-refractivity contribution in [3.63, 3.8) is 0 Å². The lowest BCUT2D eigenvalue weighted by atomic mass is 10.1. The zero-order valence-electron chi connectivity index (χ0n) is 22.9. The molecule has 0 aliphatic carbocycles. The minimum absolute atomic E-state index is 0.0676. The van der Waals surface area contributed by atoms with Crippen LogP contribution in [0.1, 0.15) is 43.4 Å². The van der Waals surface area contributed by atoms with Gasteiger partial charge < -0.3 is 10.2 Å². The van der Waals surface area contributed by atoms with Gasteiger partial charge in [-0.25, -0.2) is 12.8 Å². The molecule has 0 bridgehead atoms. The fraction of sp³-hybridized carbons (Fsp3) is 0.333. The number of benzene rings is 3. The number of carbonyl (C=O) groups is 2. The molecule has 0 heterocycles. The summed E-state index contributed by atoms with van der Waals surface area (Å²) in [5.41, 5.74) is 2.44. The molecule has 0 saturated carbocycles. The second-order valence-corrected chi connectivity index (χ2v) is 11.4. The van der Waals surface area contributed by atoms with Crippen LogP contribution in [0.4, 0.5) is 10.1 Å². The number of carbonyl (C=O) groups excluding carboxylic acids is 2. The molecule has 0 aliphatic heterocycles. The topological polar surface area (TPSA) is 86.8 Å². The molecule has 9 heteroatoms. The maximum atomic E-state index is 15.0. The van der Waals surface area contributed by atoms with Gasteiger partial charge in [-0.3, -0.25) is 13.9 Å². The lowest BCUT2D eigenvalue weighted by molar-refractivity contribution is -0.140. The monoisotopic (exact) mass is 553 g/mol. The van der Waals surface area contributed by atoms with Gasteiger partial charge in [-0.2, -0.15) is 0 Å². The van der Waals surface area contributed by atoms with Crippen LogP contribution in [0.2, 0.25) is 0 Å². The van der Waals surface area contributed by atoms with Crippen molar-refractivity contribution in [3.8, 4) is 0 Å². The lowest BCUT2D eigenvalue weighted by Gasteiger charge is -2.33. The molecule has 2 amide bonds. The van der Waals surface area contributed by atoms with Gasteiger partial charge in [0, 0.05) is 13.1 Å². The standard InChI is InChI=1S/C30H36FN3O4S/c1-5-19-32-30(36)27(6-2)33(20-24-15-11-22(3)12-16-24)29(35)21-34(28-10-8-7-9-26(28)31)39(37,38)25-17-13-23(4)14-18-25/h7-18,27H,5-6,19-21H2,1-4H3,(H,32,36)/t27-/m1/s1. The summed E-state index contributed by atoms with van der Waals surface area (Å²) in [7, 11) is -4.32. The number of hydrogen-bond donors (Lipinski definition) is 1. The Labute approximate surface area is 230 Å². The Bertz CT molecular complexity index is 1380. The maximum Gasteiger partial charge on any atom is 0.264 e. The molecule has 0 fully saturated rings. The Morgan fingerprint density at radius 1 is 0.897 bits per heavy atom. The van der Waals surface area contributed by atoms with Crippen molar-refractivity contribution in [3.05, 3.63) is 95.3 Å². The highest BCUT2D eigenvalue weighted by molar-refractivity contribution is 7.92. The quantitative estimate of drug-likeness (QED) is 0.343. The lowest BCUT2D eigenvalue weighted by Crippen LogP contribution is -2.52. The number of amides is 2. The van der Waals surface area contributed by atoms with Crippen molar-refractivity contribution in [1.29, 1.82) is 0 Å². The van der Waals surface area contributed by atoms with E-state index in [0.29, 0.717) is 13.0 Å². The van der Waals surface area contributed by atoms with Crippen LogP contribution in [-0.4, -0.2) is 44.3 Å². The summed E-state index contributed by atoms with van der Waals surface area (Å²) >= 11 is 0. The van der Waals surface area contributed by atoms with E-state index in [1.54, 1.807) is 19.1 Å². The molecule has 208 valence electrons. The molecule has 3 aromatic rings. The molecule has 0 spiro atoms. The molecular weight excluding hydrogens is 517 g/mol. The number of para-hydroxylation sites is 1. The molecule has 3 rings (SSSR count). The first-order chi connectivity index (χ1) is 18.6. The zero-order chi connectivity index (χ0) is 28.6. The summed E-state index contributed by atoms with van der Waals surface area (Å²) in [6, 6.07) is 18.3. The summed E-state index contributed by atoms with van der Waals surface area (Å²) in [6.07, 6.45) is 1.04. The van der Waals surface area contributed by atoms with Crippen molar-refractivity contribution in [2.45, 2.75) is 58.0 Å². The van der Waals surface area contributed by atoms with Crippen LogP contribution in [0.5, 0.6) is 0 Å². The Morgan fingerprint density at radius 2 is 1.49 bits per heavy atom. The van der Waals surface area contributed by atoms with Crippen LogP contribution in [0.25, 0.3) is 0 Å². The molecule has 0 saturated heterocycles. The Morgan fingerprint density at radius 3 is 2.05 bits per heavy atom. The second kappa shape index (κ2) is 13.4. The smallest absolute Gasteiger partial charge is 0.264 e. The molecule has 0 unspecified atom stereocenters. The number of sulfonamides is 1. The van der Waals surface area contributed by atoms with Gasteiger partial charge >= 0.3 is 0 Å². The van der Waals surface area contributed by atoms with Gasteiger partial charge in [-0.15, -0.1) is 0 Å². The van der Waals surface area contributed by atoms with E-state index in [4.69, 9.17) is 0 Å². The third-order valence-electron chi connectivity index (χ3n) is 6.42. The summed E-state index contributed by atoms with van der Waals surface area (Å²) in [4.78, 5) is 28.3. The number of nitrogens with one attached hydrogen (secondary N) is 1. The average Bonchev–Trinajstić information content (AvgIpc) is 2.92. The Hall–Kier alpha value is -3.72. The van der Waals surface area contributed by atoms with Crippen LogP contribution >= 0.6 is 0 Å². The fourth-order valence-electron chi connectivity index (χ4n) is 4.18. The number of rotatable bonds is 12. The van der Waals surface area contributed by atoms with Crippen LogP contribution in [-0.2, 0) is 26.2 Å². The van der Waals surface area contributed by atoms with E-state index in [1.807, 2.05) is 45.0 Å². The van der Waals surface area contributed by atoms with Gasteiger partial charge in [-0.1, -0.05) is 73.5 Å². The number of hydrogen-bond acceptors (Lipinski definition) is 4. The average molecular weight is 554 g/mol. The zero-order valence-corrected chi connectivity index (χ0v) is 23.7. The third kappa shape index (κ3) is 7.44. The SMILES string of the molecule is CCCNC(=O)[C@@H](CC)N(Cc1ccc(C)cc1)C(=O)CN(c1ccccc1F)S(=O)(=O)c1ccc(C)cc1. The number of halogens is 1. The summed E-state index contributed by atoms with van der Waals surface area (Å²) in [5.74, 6) is -1.72. The Kier molecular flexibility index (Phi) is 10.2. The Balaban J connectivity index is 2.05. The molecular formula is C30H36FN3O4S. The second-order valence-electron chi connectivity index (χ2n) is 9.50. The van der Waals surface area contributed by atoms with Crippen LogP contribution in [0.3, 0.4) is 0 Å². The maximum absolute atomic E-state index is 15.0. The van der Waals surface area contributed by atoms with Crippen molar-refractivity contribution in [1.82, 2.24) is 10.2 Å².